The number of aliphatic hydroxyl groups is 1. The Bertz CT molecular complexity index is 1300. The predicted molar refractivity (Wildman–Crippen MR) is 164 cm³/mol. The van der Waals surface area contributed by atoms with Gasteiger partial charge < -0.3 is 14.9 Å². The molecule has 4 saturated carbocycles. The van der Waals surface area contributed by atoms with E-state index in [0.29, 0.717) is 30.2 Å². The van der Waals surface area contributed by atoms with Crippen LogP contribution in [0.15, 0.2) is 42.0 Å². The minimum absolute atomic E-state index is 0.0339. The lowest BCUT2D eigenvalue weighted by molar-refractivity contribution is -0.219. The van der Waals surface area contributed by atoms with E-state index in [9.17, 15) is 19.8 Å². The molecule has 42 heavy (non-hydrogen) atoms. The van der Waals surface area contributed by atoms with E-state index in [1.165, 1.54) is 5.57 Å². The summed E-state index contributed by atoms with van der Waals surface area (Å²) < 4.78 is 6.12. The number of allylic oxidation sites excluding steroid dienone is 2. The second-order valence-corrected chi connectivity index (χ2v) is 17.0. The number of aliphatic carboxylic acids is 1. The Morgan fingerprint density at radius 1 is 0.810 bits per heavy atom. The zero-order chi connectivity index (χ0) is 30.5. The molecule has 5 heteroatoms. The standard InChI is InChI=1S/C37H52O5/c1-32(2)19-20-37(31(40)41)18-15-26-34(5)16-13-25-33(3,4)29(42-30(39)23-11-9-8-10-12-23)24(38)21-36(25,7)27(34)14-17-35(26,6)28(37)22-32/h8-12,15,24-25,27-29,38H,13-14,16-22H2,1-7H3,(H,40,41)/t24-,25?,27?,28?,29+,34+,35-,36+,37-/m1/s1. The Balaban J connectivity index is 1.34. The fraction of sp³-hybridized carbons (Fsp3) is 0.730. The number of benzene rings is 1. The third kappa shape index (κ3) is 4.04. The molecule has 0 radical (unpaired) electrons. The van der Waals surface area contributed by atoms with Gasteiger partial charge in [0, 0.05) is 5.41 Å². The summed E-state index contributed by atoms with van der Waals surface area (Å²) in [6.45, 7) is 16.3. The van der Waals surface area contributed by atoms with Gasteiger partial charge in [-0.2, -0.15) is 0 Å². The molecule has 0 aromatic heterocycles. The highest BCUT2D eigenvalue weighted by Crippen LogP contribution is 2.75. The van der Waals surface area contributed by atoms with Gasteiger partial charge >= 0.3 is 11.9 Å². The lowest BCUT2D eigenvalue weighted by Crippen LogP contribution is -2.66. The lowest BCUT2D eigenvalue weighted by atomic mass is 9.34. The lowest BCUT2D eigenvalue weighted by Gasteiger charge is -2.70. The van der Waals surface area contributed by atoms with Crippen molar-refractivity contribution in [2.24, 2.45) is 50.2 Å². The number of hydrogen-bond donors (Lipinski definition) is 2. The predicted octanol–water partition coefficient (Wildman–Crippen LogP) is 8.07. The molecule has 4 fully saturated rings. The molecule has 1 aromatic carbocycles. The number of carbonyl (C=O) groups excluding carboxylic acids is 1. The average molecular weight is 577 g/mol. The number of carbonyl (C=O) groups is 2. The molecule has 0 aliphatic heterocycles. The first-order valence-corrected chi connectivity index (χ1v) is 16.4. The summed E-state index contributed by atoms with van der Waals surface area (Å²) in [6.07, 6.45) is 9.16. The highest BCUT2D eigenvalue weighted by molar-refractivity contribution is 5.89. The first kappa shape index (κ1) is 29.9. The number of esters is 1. The minimum atomic E-state index is -0.733. The number of aliphatic hydroxyl groups excluding tert-OH is 1. The molecule has 2 N–H and O–H groups in total. The number of rotatable bonds is 3. The van der Waals surface area contributed by atoms with Gasteiger partial charge in [-0.3, -0.25) is 4.79 Å². The number of fused-ring (bicyclic) bond motifs is 7. The van der Waals surface area contributed by atoms with Crippen LogP contribution in [0.3, 0.4) is 0 Å². The Labute approximate surface area is 252 Å². The molecule has 1 aromatic rings. The van der Waals surface area contributed by atoms with Crippen LogP contribution in [0.4, 0.5) is 0 Å². The molecule has 6 rings (SSSR count). The molecule has 0 saturated heterocycles. The molecule has 0 heterocycles. The van der Waals surface area contributed by atoms with Gasteiger partial charge in [0.25, 0.3) is 0 Å². The van der Waals surface area contributed by atoms with E-state index in [4.69, 9.17) is 4.74 Å². The summed E-state index contributed by atoms with van der Waals surface area (Å²) in [4.78, 5) is 26.1. The van der Waals surface area contributed by atoms with Crippen molar-refractivity contribution in [3.05, 3.63) is 47.5 Å². The maximum atomic E-state index is 13.1. The van der Waals surface area contributed by atoms with Crippen molar-refractivity contribution in [2.45, 2.75) is 118 Å². The van der Waals surface area contributed by atoms with Gasteiger partial charge in [-0.25, -0.2) is 4.79 Å². The van der Waals surface area contributed by atoms with Gasteiger partial charge in [0.2, 0.25) is 0 Å². The zero-order valence-corrected chi connectivity index (χ0v) is 26.8. The van der Waals surface area contributed by atoms with Crippen LogP contribution in [0, 0.1) is 50.2 Å². The van der Waals surface area contributed by atoms with E-state index in [2.05, 4.69) is 54.5 Å². The third-order valence-corrected chi connectivity index (χ3v) is 13.9. The highest BCUT2D eigenvalue weighted by atomic mass is 16.6. The third-order valence-electron chi connectivity index (χ3n) is 13.9. The summed E-state index contributed by atoms with van der Waals surface area (Å²) in [5.74, 6) is -0.132. The van der Waals surface area contributed by atoms with Crippen molar-refractivity contribution in [3.8, 4) is 0 Å². The smallest absolute Gasteiger partial charge is 0.338 e. The van der Waals surface area contributed by atoms with E-state index >= 15 is 0 Å². The number of hydrogen-bond acceptors (Lipinski definition) is 4. The Hall–Kier alpha value is -2.14. The van der Waals surface area contributed by atoms with Gasteiger partial charge in [0.1, 0.15) is 6.10 Å². The molecule has 0 spiro atoms. The highest BCUT2D eigenvalue weighted by Gasteiger charge is 2.69. The topological polar surface area (TPSA) is 83.8 Å². The molecular formula is C37H52O5. The SMILES string of the molecule is CC1(C)CC[C@]2(C(=O)O)CC=C3[C@]4(C)CCC5C(C)(C)[C@@H](OC(=O)c6ccccc6)[C@H](O)C[C@]5(C)C4CC[C@@]3(C)C2C1. The van der Waals surface area contributed by atoms with Crippen molar-refractivity contribution in [1.29, 1.82) is 0 Å². The fourth-order valence-electron chi connectivity index (χ4n) is 12.0. The zero-order valence-electron chi connectivity index (χ0n) is 26.8. The summed E-state index contributed by atoms with van der Waals surface area (Å²) >= 11 is 0. The molecule has 5 aliphatic carbocycles. The largest absolute Gasteiger partial charge is 0.481 e. The van der Waals surface area contributed by atoms with E-state index < -0.39 is 23.6 Å². The molecule has 9 atom stereocenters. The first-order chi connectivity index (χ1) is 19.5. The molecule has 5 aliphatic rings. The molecule has 3 unspecified atom stereocenters. The van der Waals surface area contributed by atoms with Crippen molar-refractivity contribution in [1.82, 2.24) is 0 Å². The van der Waals surface area contributed by atoms with Crippen molar-refractivity contribution in [2.75, 3.05) is 0 Å². The van der Waals surface area contributed by atoms with E-state index in [1.807, 2.05) is 18.2 Å². The van der Waals surface area contributed by atoms with Crippen LogP contribution in [0.2, 0.25) is 0 Å². The molecule has 5 nitrogen and oxygen atoms in total. The van der Waals surface area contributed by atoms with Crippen LogP contribution >= 0.6 is 0 Å². The van der Waals surface area contributed by atoms with Crippen molar-refractivity contribution < 1.29 is 24.5 Å². The fourth-order valence-corrected chi connectivity index (χ4v) is 12.0. The number of ether oxygens (including phenoxy) is 1. The maximum absolute atomic E-state index is 13.1. The van der Waals surface area contributed by atoms with Crippen LogP contribution < -0.4 is 0 Å². The van der Waals surface area contributed by atoms with Gasteiger partial charge in [-0.15, -0.1) is 0 Å². The summed E-state index contributed by atoms with van der Waals surface area (Å²) in [7, 11) is 0. The Morgan fingerprint density at radius 2 is 1.43 bits per heavy atom. The van der Waals surface area contributed by atoms with Crippen LogP contribution in [-0.2, 0) is 9.53 Å². The van der Waals surface area contributed by atoms with Crippen LogP contribution in [-0.4, -0.2) is 34.4 Å². The molecule has 0 amide bonds. The quantitative estimate of drug-likeness (QED) is 0.281. The van der Waals surface area contributed by atoms with Crippen LogP contribution in [0.1, 0.15) is 117 Å². The van der Waals surface area contributed by atoms with Crippen molar-refractivity contribution in [3.63, 3.8) is 0 Å². The normalized spacial score (nSPS) is 45.2. The average Bonchev–Trinajstić information content (AvgIpc) is 2.90. The van der Waals surface area contributed by atoms with Gasteiger partial charge in [0.05, 0.1) is 17.1 Å². The molecule has 0 bridgehead atoms. The first-order valence-electron chi connectivity index (χ1n) is 16.4. The summed E-state index contributed by atoms with van der Waals surface area (Å²) in [6, 6.07) is 9.09. The van der Waals surface area contributed by atoms with Crippen LogP contribution in [0.5, 0.6) is 0 Å². The summed E-state index contributed by atoms with van der Waals surface area (Å²) in [5, 5.41) is 22.4. The second kappa shape index (κ2) is 9.43. The van der Waals surface area contributed by atoms with E-state index in [-0.39, 0.29) is 39.0 Å². The molecular weight excluding hydrogens is 524 g/mol. The van der Waals surface area contributed by atoms with E-state index in [1.54, 1.807) is 12.1 Å². The number of carboxylic acids is 1. The van der Waals surface area contributed by atoms with Crippen molar-refractivity contribution >= 4 is 11.9 Å². The van der Waals surface area contributed by atoms with Gasteiger partial charge in [0.15, 0.2) is 0 Å². The Kier molecular flexibility index (Phi) is 6.71. The van der Waals surface area contributed by atoms with Crippen LogP contribution in [0.25, 0.3) is 0 Å². The second-order valence-electron chi connectivity index (χ2n) is 17.0. The maximum Gasteiger partial charge on any atom is 0.338 e. The van der Waals surface area contributed by atoms with Gasteiger partial charge in [-0.1, -0.05) is 78.3 Å². The van der Waals surface area contributed by atoms with E-state index in [0.717, 1.165) is 44.9 Å². The van der Waals surface area contributed by atoms with Gasteiger partial charge in [-0.05, 0) is 109 Å². The Morgan fingerprint density at radius 3 is 2.07 bits per heavy atom. The summed E-state index contributed by atoms with van der Waals surface area (Å²) in [5.41, 5.74) is 0.872. The monoisotopic (exact) mass is 576 g/mol. The number of carboxylic acid groups (broad SMARTS) is 1. The minimum Gasteiger partial charge on any atom is -0.481 e. The molecule has 230 valence electrons.